The molecular formula is C21H39N3O5. The van der Waals surface area contributed by atoms with Gasteiger partial charge >= 0.3 is 5.97 Å². The fourth-order valence-electron chi connectivity index (χ4n) is 2.91. The maximum Gasteiger partial charge on any atom is 0.331 e. The monoisotopic (exact) mass is 413 g/mol. The van der Waals surface area contributed by atoms with Gasteiger partial charge in [0.05, 0.1) is 12.6 Å². The van der Waals surface area contributed by atoms with Crippen LogP contribution in [0.5, 0.6) is 0 Å². The standard InChI is InChI=1S/C21H39N3O5/c1-13(2)15(11-14(3)18(26)27)24(9)17(25)16(20(4,5)6)23-19(28)21(7,22-8)12-29-10/h11,13,15-16,22H,12H2,1-10H3,(H,23,28)(H,26,27)/b14-11+/t15-,16-,21?/m1/s1. The van der Waals surface area contributed by atoms with Gasteiger partial charge in [-0.05, 0) is 32.2 Å². The molecule has 0 fully saturated rings. The van der Waals surface area contributed by atoms with E-state index in [9.17, 15) is 19.5 Å². The van der Waals surface area contributed by atoms with Gasteiger partial charge in [-0.3, -0.25) is 9.59 Å². The Bertz CT molecular complexity index is 624. The summed E-state index contributed by atoms with van der Waals surface area (Å²) < 4.78 is 5.15. The van der Waals surface area contributed by atoms with Gasteiger partial charge in [0.1, 0.15) is 11.6 Å². The molecule has 0 saturated heterocycles. The molecular weight excluding hydrogens is 374 g/mol. The van der Waals surface area contributed by atoms with Crippen LogP contribution in [0.1, 0.15) is 48.5 Å². The Balaban J connectivity index is 5.89. The lowest BCUT2D eigenvalue weighted by Crippen LogP contribution is -2.63. The predicted molar refractivity (Wildman–Crippen MR) is 114 cm³/mol. The number of hydrogen-bond donors (Lipinski definition) is 3. The van der Waals surface area contributed by atoms with Crippen LogP contribution in [0.2, 0.25) is 0 Å². The van der Waals surface area contributed by atoms with Crippen molar-refractivity contribution in [2.45, 2.75) is 66.1 Å². The van der Waals surface area contributed by atoms with E-state index in [1.165, 1.54) is 18.9 Å². The number of rotatable bonds is 10. The van der Waals surface area contributed by atoms with E-state index in [1.807, 2.05) is 34.6 Å². The third-order valence-corrected chi connectivity index (χ3v) is 5.11. The third-order valence-electron chi connectivity index (χ3n) is 5.11. The number of likely N-dealkylation sites (N-methyl/N-ethyl adjacent to an activating group) is 2. The first-order valence-corrected chi connectivity index (χ1v) is 9.79. The minimum absolute atomic E-state index is 0.00867. The van der Waals surface area contributed by atoms with Gasteiger partial charge in [0.25, 0.3) is 0 Å². The van der Waals surface area contributed by atoms with Crippen molar-refractivity contribution >= 4 is 17.8 Å². The lowest BCUT2D eigenvalue weighted by Gasteiger charge is -2.39. The van der Waals surface area contributed by atoms with Gasteiger partial charge in [-0.15, -0.1) is 0 Å². The molecule has 0 aromatic heterocycles. The van der Waals surface area contributed by atoms with Crippen molar-refractivity contribution in [2.24, 2.45) is 11.3 Å². The van der Waals surface area contributed by atoms with E-state index in [0.717, 1.165) is 0 Å². The zero-order valence-electron chi connectivity index (χ0n) is 19.5. The van der Waals surface area contributed by atoms with Crippen molar-refractivity contribution in [3.63, 3.8) is 0 Å². The summed E-state index contributed by atoms with van der Waals surface area (Å²) in [5, 5.41) is 15.0. The maximum atomic E-state index is 13.4. The highest BCUT2D eigenvalue weighted by Crippen LogP contribution is 2.24. The van der Waals surface area contributed by atoms with E-state index in [4.69, 9.17) is 4.74 Å². The summed E-state index contributed by atoms with van der Waals surface area (Å²) in [7, 11) is 4.80. The molecule has 168 valence electrons. The maximum absolute atomic E-state index is 13.4. The summed E-state index contributed by atoms with van der Waals surface area (Å²) in [6.07, 6.45) is 1.58. The first-order valence-electron chi connectivity index (χ1n) is 9.79. The van der Waals surface area contributed by atoms with Crippen LogP contribution in [0.15, 0.2) is 11.6 Å². The molecule has 29 heavy (non-hydrogen) atoms. The quantitative estimate of drug-likeness (QED) is 0.470. The molecule has 3 atom stereocenters. The van der Waals surface area contributed by atoms with Crippen LogP contribution < -0.4 is 10.6 Å². The number of aliphatic carboxylic acids is 1. The van der Waals surface area contributed by atoms with E-state index in [-0.39, 0.29) is 29.9 Å². The van der Waals surface area contributed by atoms with Crippen molar-refractivity contribution in [1.29, 1.82) is 0 Å². The summed E-state index contributed by atoms with van der Waals surface area (Å²) in [6.45, 7) is 12.8. The number of nitrogens with zero attached hydrogens (tertiary/aromatic N) is 1. The SMILES string of the molecule is CNC(C)(COC)C(=O)N[C@H](C(=O)N(C)[C@H](/C=C(\C)C(=O)O)C(C)C)C(C)(C)C. The Morgan fingerprint density at radius 2 is 1.69 bits per heavy atom. The molecule has 8 nitrogen and oxygen atoms in total. The largest absolute Gasteiger partial charge is 0.478 e. The summed E-state index contributed by atoms with van der Waals surface area (Å²) in [6, 6.07) is -1.22. The average molecular weight is 414 g/mol. The summed E-state index contributed by atoms with van der Waals surface area (Å²) in [5.41, 5.74) is -1.38. The van der Waals surface area contributed by atoms with Crippen LogP contribution >= 0.6 is 0 Å². The molecule has 0 aliphatic heterocycles. The van der Waals surface area contributed by atoms with E-state index < -0.39 is 29.0 Å². The highest BCUT2D eigenvalue weighted by molar-refractivity contribution is 5.92. The van der Waals surface area contributed by atoms with E-state index in [2.05, 4.69) is 10.6 Å². The minimum Gasteiger partial charge on any atom is -0.478 e. The van der Waals surface area contributed by atoms with Gasteiger partial charge in [-0.25, -0.2) is 4.79 Å². The molecule has 0 aromatic rings. The van der Waals surface area contributed by atoms with Crippen molar-refractivity contribution in [3.05, 3.63) is 11.6 Å². The van der Waals surface area contributed by atoms with Crippen molar-refractivity contribution in [2.75, 3.05) is 27.8 Å². The summed E-state index contributed by atoms with van der Waals surface area (Å²) in [5.74, 6) is -1.66. The number of hydrogen-bond acceptors (Lipinski definition) is 5. The first-order chi connectivity index (χ1) is 13.1. The topological polar surface area (TPSA) is 108 Å². The second kappa shape index (κ2) is 10.7. The number of carbonyl (C=O) groups is 3. The Morgan fingerprint density at radius 1 is 1.17 bits per heavy atom. The smallest absolute Gasteiger partial charge is 0.331 e. The van der Waals surface area contributed by atoms with Gasteiger partial charge in [0.15, 0.2) is 0 Å². The molecule has 0 radical (unpaired) electrons. The van der Waals surface area contributed by atoms with E-state index >= 15 is 0 Å². The Morgan fingerprint density at radius 3 is 2.03 bits per heavy atom. The summed E-state index contributed by atoms with van der Waals surface area (Å²) in [4.78, 5) is 39.1. The molecule has 1 unspecified atom stereocenters. The number of carboxylic acids is 1. The van der Waals surface area contributed by atoms with Gasteiger partial charge < -0.3 is 25.4 Å². The second-order valence-corrected chi connectivity index (χ2v) is 9.13. The van der Waals surface area contributed by atoms with Gasteiger partial charge in [0.2, 0.25) is 11.8 Å². The Labute approximate surface area is 175 Å². The molecule has 2 amide bonds. The molecule has 8 heteroatoms. The fraction of sp³-hybridized carbons (Fsp3) is 0.762. The molecule has 0 heterocycles. The van der Waals surface area contributed by atoms with E-state index in [1.54, 1.807) is 27.1 Å². The molecule has 3 N–H and O–H groups in total. The van der Waals surface area contributed by atoms with Crippen molar-refractivity contribution < 1.29 is 24.2 Å². The number of amides is 2. The van der Waals surface area contributed by atoms with Crippen LogP contribution in [-0.2, 0) is 19.1 Å². The molecule has 0 aliphatic rings. The Hall–Kier alpha value is -1.93. The molecule has 0 aliphatic carbocycles. The highest BCUT2D eigenvalue weighted by Gasteiger charge is 2.41. The van der Waals surface area contributed by atoms with Crippen LogP contribution in [0, 0.1) is 11.3 Å². The third kappa shape index (κ3) is 7.44. The number of carbonyl (C=O) groups excluding carboxylic acids is 2. The Kier molecular flexibility index (Phi) is 10.0. The number of methoxy groups -OCH3 is 1. The fourth-order valence-corrected chi connectivity index (χ4v) is 2.91. The molecule has 0 rings (SSSR count). The number of carboxylic acid groups (broad SMARTS) is 1. The van der Waals surface area contributed by atoms with Crippen molar-refractivity contribution in [1.82, 2.24) is 15.5 Å². The number of ether oxygens (including phenoxy) is 1. The highest BCUT2D eigenvalue weighted by atomic mass is 16.5. The molecule has 0 spiro atoms. The minimum atomic E-state index is -1.03. The normalized spacial score (nSPS) is 16.7. The van der Waals surface area contributed by atoms with E-state index in [0.29, 0.717) is 0 Å². The average Bonchev–Trinajstić information content (AvgIpc) is 2.61. The molecule has 0 bridgehead atoms. The zero-order valence-corrected chi connectivity index (χ0v) is 19.5. The van der Waals surface area contributed by atoms with Crippen LogP contribution in [0.25, 0.3) is 0 Å². The zero-order chi connectivity index (χ0) is 23.2. The van der Waals surface area contributed by atoms with Gasteiger partial charge in [-0.1, -0.05) is 40.7 Å². The van der Waals surface area contributed by atoms with Crippen LogP contribution in [0.3, 0.4) is 0 Å². The van der Waals surface area contributed by atoms with Crippen LogP contribution in [0.4, 0.5) is 0 Å². The van der Waals surface area contributed by atoms with Crippen molar-refractivity contribution in [3.8, 4) is 0 Å². The lowest BCUT2D eigenvalue weighted by molar-refractivity contribution is -0.142. The van der Waals surface area contributed by atoms with Crippen LogP contribution in [-0.4, -0.2) is 73.2 Å². The predicted octanol–water partition coefficient (Wildman–Crippen LogP) is 1.66. The first kappa shape index (κ1) is 27.1. The number of nitrogens with one attached hydrogen (secondary N) is 2. The second-order valence-electron chi connectivity index (χ2n) is 9.13. The van der Waals surface area contributed by atoms with Gasteiger partial charge in [-0.2, -0.15) is 0 Å². The molecule has 0 saturated carbocycles. The van der Waals surface area contributed by atoms with Gasteiger partial charge in [0, 0.05) is 19.7 Å². The summed E-state index contributed by atoms with van der Waals surface area (Å²) >= 11 is 0. The lowest BCUT2D eigenvalue weighted by atomic mass is 9.84. The molecule has 0 aromatic carbocycles.